The van der Waals surface area contributed by atoms with Gasteiger partial charge in [0.05, 0.1) is 6.61 Å². The van der Waals surface area contributed by atoms with E-state index in [1.807, 2.05) is 66.7 Å². The molecule has 0 aliphatic heterocycles. The molecule has 0 aliphatic rings. The van der Waals surface area contributed by atoms with Crippen LogP contribution in [0.15, 0.2) is 54.6 Å². The van der Waals surface area contributed by atoms with Gasteiger partial charge >= 0.3 is 5.97 Å². The number of carboxylic acids is 1. The normalized spacial score (nSPS) is 10.7. The molecule has 108 valence electrons. The summed E-state index contributed by atoms with van der Waals surface area (Å²) in [5, 5.41) is 8.61. The number of carbonyl (C=O) groups is 1. The van der Waals surface area contributed by atoms with E-state index in [9.17, 15) is 4.79 Å². The lowest BCUT2D eigenvalue weighted by Gasteiger charge is -2.08. The first-order valence-corrected chi connectivity index (χ1v) is 6.92. The zero-order chi connectivity index (χ0) is 14.9. The predicted molar refractivity (Wildman–Crippen MR) is 84.2 cm³/mol. The van der Waals surface area contributed by atoms with Gasteiger partial charge in [0.15, 0.2) is 0 Å². The van der Waals surface area contributed by atoms with Gasteiger partial charge in [0, 0.05) is 12.0 Å². The Morgan fingerprint density at radius 3 is 2.48 bits per heavy atom. The molecule has 2 aromatic rings. The molecule has 0 aromatic heterocycles. The van der Waals surface area contributed by atoms with Gasteiger partial charge in [0.1, 0.15) is 5.75 Å². The second-order valence-electron chi connectivity index (χ2n) is 4.63. The first kappa shape index (κ1) is 14.9. The highest BCUT2D eigenvalue weighted by Gasteiger charge is 2.01. The van der Waals surface area contributed by atoms with E-state index in [0.717, 1.165) is 16.9 Å². The molecule has 0 fully saturated rings. The summed E-state index contributed by atoms with van der Waals surface area (Å²) in [4.78, 5) is 10.5. The molecule has 0 aliphatic carbocycles. The van der Waals surface area contributed by atoms with Gasteiger partial charge in [-0.25, -0.2) is 0 Å². The number of benzene rings is 2. The Balaban J connectivity index is 2.00. The summed E-state index contributed by atoms with van der Waals surface area (Å²) >= 11 is 0. The fourth-order valence-corrected chi connectivity index (χ4v) is 1.91. The van der Waals surface area contributed by atoms with E-state index < -0.39 is 5.97 Å². The molecule has 0 atom stereocenters. The van der Waals surface area contributed by atoms with Crippen LogP contribution in [0, 0.1) is 0 Å². The van der Waals surface area contributed by atoms with E-state index in [0.29, 0.717) is 13.0 Å². The Morgan fingerprint density at radius 2 is 1.71 bits per heavy atom. The van der Waals surface area contributed by atoms with Gasteiger partial charge in [-0.2, -0.15) is 0 Å². The Morgan fingerprint density at radius 1 is 1.00 bits per heavy atom. The number of rotatable bonds is 7. The van der Waals surface area contributed by atoms with Crippen molar-refractivity contribution in [1.82, 2.24) is 0 Å². The zero-order valence-corrected chi connectivity index (χ0v) is 11.7. The molecule has 2 aromatic carbocycles. The molecule has 0 heterocycles. The third kappa shape index (κ3) is 5.15. The molecule has 21 heavy (non-hydrogen) atoms. The summed E-state index contributed by atoms with van der Waals surface area (Å²) in [6.07, 6.45) is 4.66. The van der Waals surface area contributed by atoms with Gasteiger partial charge in [-0.3, -0.25) is 4.79 Å². The Bertz CT molecular complexity index is 603. The van der Waals surface area contributed by atoms with Crippen LogP contribution in [-0.4, -0.2) is 17.7 Å². The fraction of sp³-hybridized carbons (Fsp3) is 0.167. The molecule has 0 saturated heterocycles. The van der Waals surface area contributed by atoms with Crippen LogP contribution >= 0.6 is 0 Å². The summed E-state index contributed by atoms with van der Waals surface area (Å²) in [5.41, 5.74) is 2.11. The van der Waals surface area contributed by atoms with E-state index in [1.54, 1.807) is 0 Å². The van der Waals surface area contributed by atoms with Crippen molar-refractivity contribution in [3.8, 4) is 5.75 Å². The number of hydrogen-bond donors (Lipinski definition) is 1. The third-order valence-electron chi connectivity index (χ3n) is 2.97. The third-order valence-corrected chi connectivity index (χ3v) is 2.97. The second kappa shape index (κ2) is 7.90. The van der Waals surface area contributed by atoms with Crippen LogP contribution in [-0.2, 0) is 4.79 Å². The zero-order valence-electron chi connectivity index (χ0n) is 11.7. The molecular weight excluding hydrogens is 264 g/mol. The van der Waals surface area contributed by atoms with Crippen molar-refractivity contribution in [2.75, 3.05) is 6.61 Å². The Kier molecular flexibility index (Phi) is 5.59. The van der Waals surface area contributed by atoms with Crippen molar-refractivity contribution < 1.29 is 14.6 Å². The molecule has 0 bridgehead atoms. The number of hydrogen-bond acceptors (Lipinski definition) is 2. The molecule has 0 radical (unpaired) electrons. The maximum Gasteiger partial charge on any atom is 0.303 e. The van der Waals surface area contributed by atoms with Gasteiger partial charge in [-0.15, -0.1) is 0 Å². The molecule has 0 unspecified atom stereocenters. The lowest BCUT2D eigenvalue weighted by atomic mass is 10.1. The highest BCUT2D eigenvalue weighted by atomic mass is 16.5. The fourth-order valence-electron chi connectivity index (χ4n) is 1.91. The van der Waals surface area contributed by atoms with E-state index in [2.05, 4.69) is 0 Å². The van der Waals surface area contributed by atoms with Gasteiger partial charge in [-0.05, 0) is 18.1 Å². The van der Waals surface area contributed by atoms with Gasteiger partial charge in [-0.1, -0.05) is 60.7 Å². The van der Waals surface area contributed by atoms with Gasteiger partial charge in [0.25, 0.3) is 0 Å². The molecule has 3 nitrogen and oxygen atoms in total. The van der Waals surface area contributed by atoms with Crippen molar-refractivity contribution in [2.24, 2.45) is 0 Å². The van der Waals surface area contributed by atoms with Crippen molar-refractivity contribution >= 4 is 18.1 Å². The molecule has 0 saturated carbocycles. The summed E-state index contributed by atoms with van der Waals surface area (Å²) < 4.78 is 5.66. The first-order chi connectivity index (χ1) is 10.3. The molecule has 3 heteroatoms. The summed E-state index contributed by atoms with van der Waals surface area (Å²) in [5.74, 6) is -0.0223. The topological polar surface area (TPSA) is 46.5 Å². The average molecular weight is 282 g/mol. The van der Waals surface area contributed by atoms with Crippen molar-refractivity contribution in [1.29, 1.82) is 0 Å². The van der Waals surface area contributed by atoms with Crippen LogP contribution in [0.25, 0.3) is 12.2 Å². The van der Waals surface area contributed by atoms with Crippen LogP contribution in [0.3, 0.4) is 0 Å². The molecule has 0 spiro atoms. The minimum absolute atomic E-state index is 0.127. The van der Waals surface area contributed by atoms with Crippen molar-refractivity contribution in [3.05, 3.63) is 65.7 Å². The van der Waals surface area contributed by atoms with Crippen LogP contribution in [0.4, 0.5) is 0 Å². The molecule has 1 N–H and O–H groups in total. The standard InChI is InChI=1S/C18H18O3/c19-18(20)11-6-14-21-17-10-5-4-9-16(17)13-12-15-7-2-1-3-8-15/h1-5,7-10,12-13H,6,11,14H2,(H,19,20)/b13-12+. The van der Waals surface area contributed by atoms with Crippen molar-refractivity contribution in [2.45, 2.75) is 12.8 Å². The van der Waals surface area contributed by atoms with Crippen LogP contribution in [0.2, 0.25) is 0 Å². The average Bonchev–Trinajstić information content (AvgIpc) is 2.51. The molecule has 0 amide bonds. The Hall–Kier alpha value is -2.55. The lowest BCUT2D eigenvalue weighted by molar-refractivity contribution is -0.137. The van der Waals surface area contributed by atoms with E-state index >= 15 is 0 Å². The lowest BCUT2D eigenvalue weighted by Crippen LogP contribution is -2.02. The largest absolute Gasteiger partial charge is 0.493 e. The summed E-state index contributed by atoms with van der Waals surface area (Å²) in [6, 6.07) is 17.8. The van der Waals surface area contributed by atoms with E-state index in [1.165, 1.54) is 0 Å². The van der Waals surface area contributed by atoms with E-state index in [4.69, 9.17) is 9.84 Å². The smallest absolute Gasteiger partial charge is 0.303 e. The maximum absolute atomic E-state index is 10.5. The number of ether oxygens (including phenoxy) is 1. The number of para-hydroxylation sites is 1. The van der Waals surface area contributed by atoms with Gasteiger partial charge in [0.2, 0.25) is 0 Å². The predicted octanol–water partition coefficient (Wildman–Crippen LogP) is 4.10. The number of aliphatic carboxylic acids is 1. The summed E-state index contributed by atoms with van der Waals surface area (Å²) in [6.45, 7) is 0.405. The SMILES string of the molecule is O=C(O)CCCOc1ccccc1/C=C/c1ccccc1. The highest BCUT2D eigenvalue weighted by Crippen LogP contribution is 2.21. The van der Waals surface area contributed by atoms with E-state index in [-0.39, 0.29) is 6.42 Å². The maximum atomic E-state index is 10.5. The van der Waals surface area contributed by atoms with Crippen LogP contribution in [0.5, 0.6) is 5.75 Å². The quantitative estimate of drug-likeness (QED) is 0.614. The minimum atomic E-state index is -0.796. The van der Waals surface area contributed by atoms with Crippen LogP contribution < -0.4 is 4.74 Å². The monoisotopic (exact) mass is 282 g/mol. The Labute approximate surface area is 124 Å². The van der Waals surface area contributed by atoms with Gasteiger partial charge < -0.3 is 9.84 Å². The first-order valence-electron chi connectivity index (χ1n) is 6.92. The van der Waals surface area contributed by atoms with Crippen molar-refractivity contribution in [3.63, 3.8) is 0 Å². The second-order valence-corrected chi connectivity index (χ2v) is 4.63. The minimum Gasteiger partial charge on any atom is -0.493 e. The highest BCUT2D eigenvalue weighted by molar-refractivity contribution is 5.72. The number of carboxylic acid groups (broad SMARTS) is 1. The molecule has 2 rings (SSSR count). The van der Waals surface area contributed by atoms with Crippen LogP contribution in [0.1, 0.15) is 24.0 Å². The molecular formula is C18H18O3. The summed E-state index contributed by atoms with van der Waals surface area (Å²) in [7, 11) is 0.